The molecular formula is C21H24Cl3N3O2. The van der Waals surface area contributed by atoms with Gasteiger partial charge < -0.3 is 10.6 Å². The summed E-state index contributed by atoms with van der Waals surface area (Å²) in [6, 6.07) is 13.9. The largest absolute Gasteiger partial charge is 0.356 e. The lowest BCUT2D eigenvalue weighted by atomic mass is 9.95. The number of nitrogens with zero attached hydrogens (tertiary/aromatic N) is 1. The zero-order chi connectivity index (χ0) is 21.4. The fourth-order valence-corrected chi connectivity index (χ4v) is 2.88. The number of amides is 3. The molecule has 3 amide bonds. The van der Waals surface area contributed by atoms with E-state index in [0.717, 1.165) is 5.69 Å². The summed E-state index contributed by atoms with van der Waals surface area (Å²) in [6.45, 7) is 4.42. The first-order valence-electron chi connectivity index (χ1n) is 9.17. The molecule has 0 aliphatic carbocycles. The zero-order valence-corrected chi connectivity index (χ0v) is 18.6. The van der Waals surface area contributed by atoms with Crippen molar-refractivity contribution < 1.29 is 9.59 Å². The minimum atomic E-state index is -0.633. The quantitative estimate of drug-likeness (QED) is 0.389. The van der Waals surface area contributed by atoms with Gasteiger partial charge in [0.1, 0.15) is 0 Å². The third-order valence-corrected chi connectivity index (χ3v) is 5.68. The smallest absolute Gasteiger partial charge is 0.326 e. The number of anilines is 2. The van der Waals surface area contributed by atoms with E-state index in [2.05, 4.69) is 10.6 Å². The summed E-state index contributed by atoms with van der Waals surface area (Å²) in [6.07, 6.45) is 0.577. The minimum absolute atomic E-state index is 0.112. The van der Waals surface area contributed by atoms with Crippen LogP contribution >= 0.6 is 34.8 Å². The molecule has 0 aromatic heterocycles. The van der Waals surface area contributed by atoms with Crippen LogP contribution in [0.5, 0.6) is 0 Å². The Morgan fingerprint density at radius 3 is 2.34 bits per heavy atom. The molecule has 0 aliphatic rings. The van der Waals surface area contributed by atoms with Crippen LogP contribution in [-0.2, 0) is 4.79 Å². The SMILES string of the molecule is CC(C)(CCl)C(=O)NCCCN(C(=O)Nc1ccc(Cl)c(Cl)c1)c1ccccc1. The van der Waals surface area contributed by atoms with Crippen LogP contribution in [0.2, 0.25) is 10.0 Å². The lowest BCUT2D eigenvalue weighted by Crippen LogP contribution is -2.40. The van der Waals surface area contributed by atoms with Crippen molar-refractivity contribution in [2.24, 2.45) is 5.41 Å². The van der Waals surface area contributed by atoms with Gasteiger partial charge in [-0.2, -0.15) is 0 Å². The fourth-order valence-electron chi connectivity index (χ4n) is 2.46. The molecule has 0 aliphatic heterocycles. The number of hydrogen-bond donors (Lipinski definition) is 2. The lowest BCUT2D eigenvalue weighted by molar-refractivity contribution is -0.128. The van der Waals surface area contributed by atoms with Gasteiger partial charge in [-0.15, -0.1) is 11.6 Å². The molecule has 29 heavy (non-hydrogen) atoms. The Bertz CT molecular complexity index is 844. The van der Waals surface area contributed by atoms with Gasteiger partial charge in [0.05, 0.1) is 15.5 Å². The number of urea groups is 1. The van der Waals surface area contributed by atoms with Gasteiger partial charge in [0.25, 0.3) is 0 Å². The topological polar surface area (TPSA) is 61.4 Å². The van der Waals surface area contributed by atoms with Gasteiger partial charge in [0, 0.05) is 30.3 Å². The molecule has 5 nitrogen and oxygen atoms in total. The van der Waals surface area contributed by atoms with Gasteiger partial charge in [0.15, 0.2) is 0 Å². The highest BCUT2D eigenvalue weighted by Crippen LogP contribution is 2.25. The van der Waals surface area contributed by atoms with Crippen LogP contribution in [-0.4, -0.2) is 30.9 Å². The van der Waals surface area contributed by atoms with E-state index in [1.165, 1.54) is 0 Å². The average molecular weight is 457 g/mol. The average Bonchev–Trinajstić information content (AvgIpc) is 2.71. The molecule has 0 unspecified atom stereocenters. The number of carbonyl (C=O) groups is 2. The molecule has 2 aromatic carbocycles. The van der Waals surface area contributed by atoms with Gasteiger partial charge in [-0.3, -0.25) is 9.69 Å². The molecule has 156 valence electrons. The van der Waals surface area contributed by atoms with E-state index in [9.17, 15) is 9.59 Å². The van der Waals surface area contributed by atoms with E-state index in [4.69, 9.17) is 34.8 Å². The molecule has 0 bridgehead atoms. The van der Waals surface area contributed by atoms with Crippen molar-refractivity contribution in [3.63, 3.8) is 0 Å². The van der Waals surface area contributed by atoms with Crippen molar-refractivity contribution in [2.75, 3.05) is 29.2 Å². The minimum Gasteiger partial charge on any atom is -0.356 e. The number of nitrogens with one attached hydrogen (secondary N) is 2. The summed E-state index contributed by atoms with van der Waals surface area (Å²) >= 11 is 17.8. The number of halogens is 3. The first kappa shape index (κ1) is 23.3. The maximum absolute atomic E-state index is 12.9. The molecule has 0 fully saturated rings. The molecule has 2 aromatic rings. The van der Waals surface area contributed by atoms with Crippen LogP contribution in [0.25, 0.3) is 0 Å². The molecule has 0 atom stereocenters. The normalized spacial score (nSPS) is 11.1. The van der Waals surface area contributed by atoms with Crippen molar-refractivity contribution in [1.82, 2.24) is 5.32 Å². The molecule has 0 saturated carbocycles. The third-order valence-electron chi connectivity index (χ3n) is 4.28. The highest BCUT2D eigenvalue weighted by Gasteiger charge is 2.26. The summed E-state index contributed by atoms with van der Waals surface area (Å²) in [7, 11) is 0. The summed E-state index contributed by atoms with van der Waals surface area (Å²) in [5.74, 6) is 0.125. The molecule has 0 radical (unpaired) electrons. The molecule has 2 N–H and O–H groups in total. The first-order valence-corrected chi connectivity index (χ1v) is 10.5. The maximum atomic E-state index is 12.9. The summed E-state index contributed by atoms with van der Waals surface area (Å²) < 4.78 is 0. The van der Waals surface area contributed by atoms with E-state index in [1.807, 2.05) is 30.3 Å². The third kappa shape index (κ3) is 6.81. The number of hydrogen-bond acceptors (Lipinski definition) is 2. The Balaban J connectivity index is 2.03. The van der Waals surface area contributed by atoms with Crippen LogP contribution in [0, 0.1) is 5.41 Å². The van der Waals surface area contributed by atoms with Crippen LogP contribution < -0.4 is 15.5 Å². The Morgan fingerprint density at radius 2 is 1.72 bits per heavy atom. The highest BCUT2D eigenvalue weighted by molar-refractivity contribution is 6.42. The maximum Gasteiger partial charge on any atom is 0.326 e. The number of alkyl halides is 1. The summed E-state index contributed by atoms with van der Waals surface area (Å²) in [5, 5.41) is 6.48. The highest BCUT2D eigenvalue weighted by atomic mass is 35.5. The monoisotopic (exact) mass is 455 g/mol. The molecule has 8 heteroatoms. The predicted molar refractivity (Wildman–Crippen MR) is 121 cm³/mol. The van der Waals surface area contributed by atoms with E-state index in [1.54, 1.807) is 36.9 Å². The van der Waals surface area contributed by atoms with Crippen molar-refractivity contribution in [1.29, 1.82) is 0 Å². The van der Waals surface area contributed by atoms with Crippen molar-refractivity contribution in [2.45, 2.75) is 20.3 Å². The van der Waals surface area contributed by atoms with Gasteiger partial charge >= 0.3 is 6.03 Å². The van der Waals surface area contributed by atoms with E-state index >= 15 is 0 Å². The van der Waals surface area contributed by atoms with Crippen LogP contribution in [0.1, 0.15) is 20.3 Å². The van der Waals surface area contributed by atoms with Crippen LogP contribution in [0.4, 0.5) is 16.2 Å². The van der Waals surface area contributed by atoms with Crippen LogP contribution in [0.3, 0.4) is 0 Å². The molecule has 0 spiro atoms. The molecule has 2 rings (SSSR count). The van der Waals surface area contributed by atoms with Crippen molar-refractivity contribution in [3.05, 3.63) is 58.6 Å². The molecule has 0 heterocycles. The number of para-hydroxylation sites is 1. The molecular weight excluding hydrogens is 433 g/mol. The summed E-state index contributed by atoms with van der Waals surface area (Å²) in [5.41, 5.74) is 0.659. The van der Waals surface area contributed by atoms with Crippen molar-refractivity contribution in [3.8, 4) is 0 Å². The Labute approximate surface area is 186 Å². The second kappa shape index (κ2) is 10.7. The summed E-state index contributed by atoms with van der Waals surface area (Å²) in [4.78, 5) is 26.6. The number of rotatable bonds is 8. The first-order chi connectivity index (χ1) is 13.7. The van der Waals surface area contributed by atoms with E-state index in [-0.39, 0.29) is 17.8 Å². The van der Waals surface area contributed by atoms with Gasteiger partial charge in [-0.1, -0.05) is 41.4 Å². The number of carbonyl (C=O) groups excluding carboxylic acids is 2. The number of benzene rings is 2. The van der Waals surface area contributed by atoms with Crippen LogP contribution in [0.15, 0.2) is 48.5 Å². The Kier molecular flexibility index (Phi) is 8.62. The standard InChI is InChI=1S/C21H24Cl3N3O2/c1-21(2,14-22)19(28)25-11-6-12-27(16-7-4-3-5-8-16)20(29)26-15-9-10-17(23)18(24)13-15/h3-5,7-10,13H,6,11-12,14H2,1-2H3,(H,25,28)(H,26,29). The Hall–Kier alpha value is -1.95. The predicted octanol–water partition coefficient (Wildman–Crippen LogP) is 5.80. The second-order valence-electron chi connectivity index (χ2n) is 7.17. The van der Waals surface area contributed by atoms with Crippen molar-refractivity contribution >= 4 is 58.1 Å². The zero-order valence-electron chi connectivity index (χ0n) is 16.3. The van der Waals surface area contributed by atoms with E-state index in [0.29, 0.717) is 35.2 Å². The van der Waals surface area contributed by atoms with E-state index < -0.39 is 5.41 Å². The Morgan fingerprint density at radius 1 is 1.03 bits per heavy atom. The second-order valence-corrected chi connectivity index (χ2v) is 8.25. The van der Waals surface area contributed by atoms with Gasteiger partial charge in [-0.25, -0.2) is 4.79 Å². The molecule has 0 saturated heterocycles. The fraction of sp³-hybridized carbons (Fsp3) is 0.333. The van der Waals surface area contributed by atoms with Gasteiger partial charge in [-0.05, 0) is 50.6 Å². The van der Waals surface area contributed by atoms with Gasteiger partial charge in [0.2, 0.25) is 5.91 Å². The lowest BCUT2D eigenvalue weighted by Gasteiger charge is -2.24.